The molecule has 1 aromatic carbocycles. The van der Waals surface area contributed by atoms with Crippen molar-refractivity contribution in [2.45, 2.75) is 65.3 Å². The highest BCUT2D eigenvalue weighted by atomic mass is 32.1. The van der Waals surface area contributed by atoms with Gasteiger partial charge in [-0.2, -0.15) is 0 Å². The van der Waals surface area contributed by atoms with Crippen molar-refractivity contribution < 1.29 is 29.4 Å². The van der Waals surface area contributed by atoms with Crippen molar-refractivity contribution in [1.29, 1.82) is 0 Å². The van der Waals surface area contributed by atoms with Crippen molar-refractivity contribution in [2.24, 2.45) is 5.41 Å². The number of aliphatic carboxylic acids is 1. The third-order valence-corrected chi connectivity index (χ3v) is 7.86. The molecule has 11 nitrogen and oxygen atoms in total. The van der Waals surface area contributed by atoms with E-state index < -0.39 is 41.4 Å². The van der Waals surface area contributed by atoms with E-state index in [9.17, 15) is 24.3 Å². The molecule has 1 saturated heterocycles. The summed E-state index contributed by atoms with van der Waals surface area (Å²) in [6.07, 6.45) is -0.796. The number of carbonyl (C=O) groups excluding carboxylic acids is 3. The standard InChI is InChI=1S/C28H39N5O6S/c1-16(18-7-9-19(10-8-18)24-17(2)29-15-40-24)30-26(38)21-11-20(34)12-33(21)27(39)25(28(3,4)5)31-22(35)13-32(6)14-23(36)37/h7-10,15-16,20-21,25,34H,11-14H2,1-6H3,(H,30,38)(H,31,35)(H,36,37)/t16-,20+,21-,25?/m0/s1. The molecular formula is C28H39N5O6S. The molecule has 218 valence electrons. The molecule has 1 fully saturated rings. The summed E-state index contributed by atoms with van der Waals surface area (Å²) in [5, 5.41) is 25.0. The largest absolute Gasteiger partial charge is 0.480 e. The zero-order valence-corrected chi connectivity index (χ0v) is 24.6. The van der Waals surface area contributed by atoms with Crippen LogP contribution in [0.25, 0.3) is 10.4 Å². The first kappa shape index (κ1) is 31.2. The molecule has 0 radical (unpaired) electrons. The topological polar surface area (TPSA) is 152 Å². The van der Waals surface area contributed by atoms with E-state index in [1.54, 1.807) is 37.6 Å². The van der Waals surface area contributed by atoms with Crippen LogP contribution < -0.4 is 10.6 Å². The van der Waals surface area contributed by atoms with E-state index in [4.69, 9.17) is 5.11 Å². The van der Waals surface area contributed by atoms with Gasteiger partial charge in [-0.1, -0.05) is 45.0 Å². The normalized spacial score (nSPS) is 18.9. The number of β-amino-alcohol motifs (C(OH)–C–C–N with tert-alkyl or cyclic N) is 1. The van der Waals surface area contributed by atoms with E-state index in [1.165, 1.54) is 16.8 Å². The molecule has 12 heteroatoms. The van der Waals surface area contributed by atoms with Gasteiger partial charge in [-0.25, -0.2) is 4.98 Å². The highest BCUT2D eigenvalue weighted by Gasteiger charge is 2.44. The van der Waals surface area contributed by atoms with Crippen molar-refractivity contribution >= 4 is 35.0 Å². The predicted molar refractivity (Wildman–Crippen MR) is 151 cm³/mol. The van der Waals surface area contributed by atoms with Gasteiger partial charge in [0.15, 0.2) is 0 Å². The number of benzene rings is 1. The van der Waals surface area contributed by atoms with Crippen LogP contribution in [0.15, 0.2) is 29.8 Å². The van der Waals surface area contributed by atoms with Crippen molar-refractivity contribution in [2.75, 3.05) is 26.7 Å². The molecule has 0 aliphatic carbocycles. The summed E-state index contributed by atoms with van der Waals surface area (Å²) >= 11 is 1.57. The van der Waals surface area contributed by atoms with Crippen LogP contribution in [0.3, 0.4) is 0 Å². The number of nitrogens with one attached hydrogen (secondary N) is 2. The lowest BCUT2D eigenvalue weighted by Crippen LogP contribution is -2.58. The number of thiazole rings is 1. The number of likely N-dealkylation sites (tertiary alicyclic amines) is 1. The van der Waals surface area contributed by atoms with E-state index in [1.807, 2.05) is 38.1 Å². The Morgan fingerprint density at radius 2 is 1.80 bits per heavy atom. The molecule has 2 heterocycles. The van der Waals surface area contributed by atoms with Crippen LogP contribution in [0.4, 0.5) is 0 Å². The van der Waals surface area contributed by atoms with E-state index in [0.29, 0.717) is 0 Å². The number of nitrogens with zero attached hydrogens (tertiary/aromatic N) is 3. The van der Waals surface area contributed by atoms with Crippen molar-refractivity contribution in [3.63, 3.8) is 0 Å². The Hall–Kier alpha value is -3.35. The molecule has 1 unspecified atom stereocenters. The van der Waals surface area contributed by atoms with Gasteiger partial charge in [0.1, 0.15) is 12.1 Å². The second-order valence-electron chi connectivity index (χ2n) is 11.4. The number of aromatic nitrogens is 1. The van der Waals surface area contributed by atoms with Crippen LogP contribution in [-0.2, 0) is 19.2 Å². The zero-order valence-electron chi connectivity index (χ0n) is 23.8. The first-order chi connectivity index (χ1) is 18.7. The number of rotatable bonds is 10. The lowest BCUT2D eigenvalue weighted by atomic mass is 9.85. The molecule has 0 spiro atoms. The van der Waals surface area contributed by atoms with Gasteiger partial charge in [-0.15, -0.1) is 11.3 Å². The first-order valence-electron chi connectivity index (χ1n) is 13.2. The molecule has 0 saturated carbocycles. The van der Waals surface area contributed by atoms with Gasteiger partial charge >= 0.3 is 5.97 Å². The molecule has 1 aliphatic heterocycles. The number of amides is 3. The number of aryl methyl sites for hydroxylation is 1. The number of hydrogen-bond acceptors (Lipinski definition) is 8. The summed E-state index contributed by atoms with van der Waals surface area (Å²) in [6.45, 7) is 8.61. The molecule has 1 aromatic heterocycles. The van der Waals surface area contributed by atoms with Gasteiger partial charge in [0.05, 0.1) is 41.3 Å². The molecule has 4 N–H and O–H groups in total. The quantitative estimate of drug-likeness (QED) is 0.336. The fourth-order valence-corrected chi connectivity index (χ4v) is 5.57. The molecule has 2 aromatic rings. The molecule has 0 bridgehead atoms. The number of hydrogen-bond donors (Lipinski definition) is 4. The number of carboxylic acid groups (broad SMARTS) is 1. The van der Waals surface area contributed by atoms with E-state index >= 15 is 0 Å². The third kappa shape index (κ3) is 7.86. The summed E-state index contributed by atoms with van der Waals surface area (Å²) in [5.74, 6) is -2.45. The maximum absolute atomic E-state index is 13.7. The Balaban J connectivity index is 1.70. The van der Waals surface area contributed by atoms with Gasteiger partial charge in [0.2, 0.25) is 17.7 Å². The van der Waals surface area contributed by atoms with Gasteiger partial charge in [0, 0.05) is 13.0 Å². The van der Waals surface area contributed by atoms with Crippen LogP contribution in [-0.4, -0.2) is 93.6 Å². The van der Waals surface area contributed by atoms with Crippen LogP contribution >= 0.6 is 11.3 Å². The lowest BCUT2D eigenvalue weighted by Gasteiger charge is -2.35. The Bertz CT molecular complexity index is 1220. The van der Waals surface area contributed by atoms with E-state index in [-0.39, 0.29) is 38.0 Å². The highest BCUT2D eigenvalue weighted by Crippen LogP contribution is 2.29. The van der Waals surface area contributed by atoms with Crippen molar-refractivity contribution in [3.8, 4) is 10.4 Å². The molecular weight excluding hydrogens is 534 g/mol. The van der Waals surface area contributed by atoms with Crippen molar-refractivity contribution in [3.05, 3.63) is 41.0 Å². The molecule has 3 amide bonds. The Morgan fingerprint density at radius 1 is 1.15 bits per heavy atom. The van der Waals surface area contributed by atoms with Gasteiger partial charge < -0.3 is 25.7 Å². The number of carbonyl (C=O) groups is 4. The first-order valence-corrected chi connectivity index (χ1v) is 14.0. The van der Waals surface area contributed by atoms with Crippen LogP contribution in [0.5, 0.6) is 0 Å². The molecule has 1 aliphatic rings. The minimum Gasteiger partial charge on any atom is -0.480 e. The minimum atomic E-state index is -1.07. The summed E-state index contributed by atoms with van der Waals surface area (Å²) in [4.78, 5) is 58.7. The summed E-state index contributed by atoms with van der Waals surface area (Å²) in [6, 6.07) is 5.62. The maximum Gasteiger partial charge on any atom is 0.317 e. The predicted octanol–water partition coefficient (Wildman–Crippen LogP) is 1.80. The Labute approximate surface area is 238 Å². The Kier molecular flexibility index (Phi) is 10.0. The number of carboxylic acids is 1. The monoisotopic (exact) mass is 573 g/mol. The number of likely N-dealkylation sites (N-methyl/N-ethyl adjacent to an activating group) is 1. The van der Waals surface area contributed by atoms with Crippen LogP contribution in [0.2, 0.25) is 0 Å². The van der Waals surface area contributed by atoms with Gasteiger partial charge in [-0.05, 0) is 37.4 Å². The van der Waals surface area contributed by atoms with Crippen LogP contribution in [0, 0.1) is 12.3 Å². The van der Waals surface area contributed by atoms with Gasteiger partial charge in [0.25, 0.3) is 0 Å². The zero-order chi connectivity index (χ0) is 29.8. The second-order valence-corrected chi connectivity index (χ2v) is 12.3. The molecule has 4 atom stereocenters. The summed E-state index contributed by atoms with van der Waals surface area (Å²) < 4.78 is 0. The minimum absolute atomic E-state index is 0.0322. The summed E-state index contributed by atoms with van der Waals surface area (Å²) in [7, 11) is 1.49. The number of aliphatic hydroxyl groups excluding tert-OH is 1. The van der Waals surface area contributed by atoms with E-state index in [0.717, 1.165) is 21.7 Å². The fourth-order valence-electron chi connectivity index (χ4n) is 4.75. The molecule has 3 rings (SSSR count). The number of aliphatic hydroxyl groups is 1. The SMILES string of the molecule is Cc1ncsc1-c1ccc([C@H](C)NC(=O)[C@@H]2C[C@@H](O)CN2C(=O)C(NC(=O)CN(C)CC(=O)O)C(C)(C)C)cc1. The van der Waals surface area contributed by atoms with Crippen molar-refractivity contribution in [1.82, 2.24) is 25.4 Å². The second kappa shape index (κ2) is 12.9. The molecule has 40 heavy (non-hydrogen) atoms. The maximum atomic E-state index is 13.7. The lowest BCUT2D eigenvalue weighted by molar-refractivity contribution is -0.144. The Morgan fingerprint density at radius 3 is 2.35 bits per heavy atom. The average Bonchev–Trinajstić information content (AvgIpc) is 3.46. The fraction of sp³-hybridized carbons (Fsp3) is 0.536. The van der Waals surface area contributed by atoms with Crippen LogP contribution in [0.1, 0.15) is 51.4 Å². The van der Waals surface area contributed by atoms with Gasteiger partial charge in [-0.3, -0.25) is 24.1 Å². The third-order valence-electron chi connectivity index (χ3n) is 6.88. The summed E-state index contributed by atoms with van der Waals surface area (Å²) in [5.41, 5.74) is 3.99. The smallest absolute Gasteiger partial charge is 0.317 e. The van der Waals surface area contributed by atoms with E-state index in [2.05, 4.69) is 15.6 Å². The average molecular weight is 574 g/mol. The highest BCUT2D eigenvalue weighted by molar-refractivity contribution is 7.13.